The number of allylic oxidation sites excluding steroid dienone is 3. The highest BCUT2D eigenvalue weighted by Gasteiger charge is 2.42. The van der Waals surface area contributed by atoms with Gasteiger partial charge in [-0.3, -0.25) is 9.78 Å². The van der Waals surface area contributed by atoms with Crippen LogP contribution in [-0.2, 0) is 14.3 Å². The molecule has 1 aromatic carbocycles. The number of ether oxygens (including phenoxy) is 1. The molecule has 0 spiro atoms. The Bertz CT molecular complexity index is 1040. The molecule has 1 N–H and O–H groups in total. The van der Waals surface area contributed by atoms with E-state index >= 15 is 0 Å². The molecule has 0 saturated heterocycles. The highest BCUT2D eigenvalue weighted by molar-refractivity contribution is 6.04. The van der Waals surface area contributed by atoms with Crippen molar-refractivity contribution in [2.24, 2.45) is 0 Å². The number of rotatable bonds is 5. The van der Waals surface area contributed by atoms with Crippen LogP contribution in [0.25, 0.3) is 0 Å². The van der Waals surface area contributed by atoms with Crippen LogP contribution in [0.4, 0.5) is 0 Å². The molecule has 160 valence electrons. The monoisotopic (exact) mass is 416 g/mol. The predicted molar refractivity (Wildman–Crippen MR) is 119 cm³/mol. The molecule has 5 nitrogen and oxygen atoms in total. The summed E-state index contributed by atoms with van der Waals surface area (Å²) in [5.74, 6) is -0.733. The van der Waals surface area contributed by atoms with Crippen LogP contribution in [0.15, 0.2) is 77.3 Å². The largest absolute Gasteiger partial charge is 0.459 e. The van der Waals surface area contributed by atoms with Crippen LogP contribution in [0, 0.1) is 0 Å². The lowest BCUT2D eigenvalue weighted by atomic mass is 9.73. The molecule has 0 saturated carbocycles. The van der Waals surface area contributed by atoms with Crippen LogP contribution in [-0.4, -0.2) is 22.8 Å². The molecule has 1 aliphatic heterocycles. The van der Waals surface area contributed by atoms with Crippen molar-refractivity contribution in [2.75, 3.05) is 0 Å². The summed E-state index contributed by atoms with van der Waals surface area (Å²) < 4.78 is 5.67. The lowest BCUT2D eigenvalue weighted by molar-refractivity contribution is -0.144. The molecule has 3 atom stereocenters. The minimum absolute atomic E-state index is 0.0552. The van der Waals surface area contributed by atoms with Gasteiger partial charge in [-0.25, -0.2) is 4.79 Å². The van der Waals surface area contributed by atoms with Crippen LogP contribution in [0.2, 0.25) is 0 Å². The molecule has 0 bridgehead atoms. The number of nitrogens with one attached hydrogen (secondary N) is 1. The molecule has 2 heterocycles. The summed E-state index contributed by atoms with van der Waals surface area (Å²) in [7, 11) is 0. The number of aromatic nitrogens is 1. The van der Waals surface area contributed by atoms with Gasteiger partial charge in [0, 0.05) is 29.6 Å². The third-order valence-corrected chi connectivity index (χ3v) is 6.19. The van der Waals surface area contributed by atoms with Gasteiger partial charge in [-0.1, -0.05) is 43.3 Å². The molecule has 2 aromatic rings. The Hall–Kier alpha value is -3.21. The van der Waals surface area contributed by atoms with E-state index in [-0.39, 0.29) is 23.8 Å². The number of dihydropyridines is 1. The van der Waals surface area contributed by atoms with Crippen molar-refractivity contribution in [1.82, 2.24) is 10.3 Å². The van der Waals surface area contributed by atoms with Crippen molar-refractivity contribution in [3.63, 3.8) is 0 Å². The zero-order valence-electron chi connectivity index (χ0n) is 18.2. The second kappa shape index (κ2) is 8.88. The standard InChI is InChI=1S/C26H28N2O3/c1-4-16(2)31-26(30)23-17(3)28-21-14-19(18-10-6-5-7-11-18)15-22(29)24(21)25(23)20-12-8-9-13-27-20/h5-13,16,19,25,28H,4,14-15H2,1-3H3/t16-,19+,25+/m1/s1. The normalized spacial score (nSPS) is 22.0. The number of esters is 1. The van der Waals surface area contributed by atoms with E-state index in [0.717, 1.165) is 29.8 Å². The van der Waals surface area contributed by atoms with E-state index < -0.39 is 5.92 Å². The second-order valence-electron chi connectivity index (χ2n) is 8.31. The molecule has 0 unspecified atom stereocenters. The quantitative estimate of drug-likeness (QED) is 0.710. The Labute approximate surface area is 183 Å². The number of benzene rings is 1. The summed E-state index contributed by atoms with van der Waals surface area (Å²) in [6.07, 6.45) is 3.37. The Morgan fingerprint density at radius 2 is 1.90 bits per heavy atom. The zero-order valence-corrected chi connectivity index (χ0v) is 18.2. The van der Waals surface area contributed by atoms with E-state index in [1.54, 1.807) is 6.20 Å². The summed E-state index contributed by atoms with van der Waals surface area (Å²) in [5.41, 5.74) is 4.58. The maximum Gasteiger partial charge on any atom is 0.337 e. The first-order chi connectivity index (χ1) is 15.0. The van der Waals surface area contributed by atoms with Gasteiger partial charge in [-0.05, 0) is 50.3 Å². The fourth-order valence-electron chi connectivity index (χ4n) is 4.44. The fourth-order valence-corrected chi connectivity index (χ4v) is 4.44. The molecule has 0 amide bonds. The Balaban J connectivity index is 1.76. The lowest BCUT2D eigenvalue weighted by Gasteiger charge is -2.36. The van der Waals surface area contributed by atoms with Crippen molar-refractivity contribution in [3.8, 4) is 0 Å². The third-order valence-electron chi connectivity index (χ3n) is 6.19. The van der Waals surface area contributed by atoms with Gasteiger partial charge in [-0.2, -0.15) is 0 Å². The Morgan fingerprint density at radius 3 is 2.58 bits per heavy atom. The van der Waals surface area contributed by atoms with Crippen molar-refractivity contribution in [2.45, 2.75) is 58.0 Å². The first-order valence-electron chi connectivity index (χ1n) is 10.9. The van der Waals surface area contributed by atoms with Crippen molar-refractivity contribution in [1.29, 1.82) is 0 Å². The molecule has 0 fully saturated rings. The lowest BCUT2D eigenvalue weighted by Crippen LogP contribution is -2.36. The van der Waals surface area contributed by atoms with Crippen molar-refractivity contribution >= 4 is 11.8 Å². The SMILES string of the molecule is CC[C@@H](C)OC(=O)C1=C(C)NC2=C(C(=O)C[C@@H](c3ccccc3)C2)[C@H]1c1ccccn1. The summed E-state index contributed by atoms with van der Waals surface area (Å²) >= 11 is 0. The first-order valence-corrected chi connectivity index (χ1v) is 10.9. The van der Waals surface area contributed by atoms with Crippen molar-refractivity contribution in [3.05, 3.63) is 88.5 Å². The van der Waals surface area contributed by atoms with Crippen LogP contribution in [0.1, 0.15) is 63.1 Å². The van der Waals surface area contributed by atoms with Crippen molar-refractivity contribution < 1.29 is 14.3 Å². The van der Waals surface area contributed by atoms with Gasteiger partial charge in [0.25, 0.3) is 0 Å². The number of hydrogen-bond acceptors (Lipinski definition) is 5. The number of nitrogens with zero attached hydrogens (tertiary/aromatic N) is 1. The summed E-state index contributed by atoms with van der Waals surface area (Å²) in [6, 6.07) is 15.7. The number of ketones is 1. The molecule has 31 heavy (non-hydrogen) atoms. The van der Waals surface area contributed by atoms with E-state index in [4.69, 9.17) is 4.74 Å². The molecule has 5 heteroatoms. The number of carbonyl (C=O) groups excluding carboxylic acids is 2. The van der Waals surface area contributed by atoms with Gasteiger partial charge < -0.3 is 10.1 Å². The molecular formula is C26H28N2O3. The van der Waals surface area contributed by atoms with Gasteiger partial charge in [0.05, 0.1) is 23.3 Å². The minimum atomic E-state index is -0.516. The number of hydrogen-bond donors (Lipinski definition) is 1. The maximum absolute atomic E-state index is 13.4. The van der Waals surface area contributed by atoms with Gasteiger partial charge in [0.2, 0.25) is 0 Å². The Kier molecular flexibility index (Phi) is 6.03. The smallest absolute Gasteiger partial charge is 0.337 e. The number of pyridine rings is 1. The predicted octanol–water partition coefficient (Wildman–Crippen LogP) is 4.78. The maximum atomic E-state index is 13.4. The van der Waals surface area contributed by atoms with E-state index in [1.165, 1.54) is 0 Å². The number of carbonyl (C=O) groups is 2. The fraction of sp³-hybridized carbons (Fsp3) is 0.346. The molecule has 1 aromatic heterocycles. The van der Waals surface area contributed by atoms with Crippen LogP contribution < -0.4 is 5.32 Å². The molecule has 1 aliphatic carbocycles. The van der Waals surface area contributed by atoms with E-state index in [1.807, 2.05) is 57.2 Å². The molecule has 0 radical (unpaired) electrons. The molecule has 2 aliphatic rings. The summed E-state index contributed by atoms with van der Waals surface area (Å²) in [6.45, 7) is 5.73. The molecule has 4 rings (SSSR count). The summed E-state index contributed by atoms with van der Waals surface area (Å²) in [5, 5.41) is 3.38. The van der Waals surface area contributed by atoms with Gasteiger partial charge in [-0.15, -0.1) is 0 Å². The Morgan fingerprint density at radius 1 is 1.16 bits per heavy atom. The van der Waals surface area contributed by atoms with E-state index in [0.29, 0.717) is 23.3 Å². The topological polar surface area (TPSA) is 68.3 Å². The van der Waals surface area contributed by atoms with E-state index in [9.17, 15) is 9.59 Å². The highest BCUT2D eigenvalue weighted by Crippen LogP contribution is 2.45. The van der Waals surface area contributed by atoms with Crippen LogP contribution in [0.5, 0.6) is 0 Å². The van der Waals surface area contributed by atoms with Gasteiger partial charge in [0.1, 0.15) is 0 Å². The first kappa shape index (κ1) is 21.0. The van der Waals surface area contributed by atoms with Gasteiger partial charge in [0.15, 0.2) is 5.78 Å². The molecular weight excluding hydrogens is 388 g/mol. The highest BCUT2D eigenvalue weighted by atomic mass is 16.5. The average Bonchev–Trinajstić information content (AvgIpc) is 2.79. The van der Waals surface area contributed by atoms with Crippen LogP contribution >= 0.6 is 0 Å². The minimum Gasteiger partial charge on any atom is -0.459 e. The second-order valence-corrected chi connectivity index (χ2v) is 8.31. The summed E-state index contributed by atoms with van der Waals surface area (Å²) in [4.78, 5) is 31.1. The number of Topliss-reactive ketones (excluding diaryl/α,β-unsaturated/α-hetero) is 1. The zero-order chi connectivity index (χ0) is 22.0. The third kappa shape index (κ3) is 4.18. The average molecular weight is 417 g/mol. The van der Waals surface area contributed by atoms with Gasteiger partial charge >= 0.3 is 5.97 Å². The van der Waals surface area contributed by atoms with Crippen LogP contribution in [0.3, 0.4) is 0 Å². The van der Waals surface area contributed by atoms with E-state index in [2.05, 4.69) is 22.4 Å².